The van der Waals surface area contributed by atoms with Crippen molar-refractivity contribution < 1.29 is 4.42 Å². The van der Waals surface area contributed by atoms with Gasteiger partial charge in [-0.2, -0.15) is 15.4 Å². The molecule has 3 rings (SSSR count). The summed E-state index contributed by atoms with van der Waals surface area (Å²) in [5.74, 6) is 1.49. The highest BCUT2D eigenvalue weighted by molar-refractivity contribution is 5.60. The third-order valence-electron chi connectivity index (χ3n) is 2.91. The predicted octanol–water partition coefficient (Wildman–Crippen LogP) is 2.06. The van der Waals surface area contributed by atoms with E-state index in [4.69, 9.17) is 4.42 Å². The van der Waals surface area contributed by atoms with Crippen molar-refractivity contribution in [2.75, 3.05) is 0 Å². The van der Waals surface area contributed by atoms with E-state index in [1.807, 2.05) is 37.3 Å². The Morgan fingerprint density at radius 3 is 2.75 bits per heavy atom. The van der Waals surface area contributed by atoms with Gasteiger partial charge >= 0.3 is 0 Å². The summed E-state index contributed by atoms with van der Waals surface area (Å²) in [4.78, 5) is 4.14. The Labute approximate surface area is 116 Å². The Balaban J connectivity index is 1.65. The van der Waals surface area contributed by atoms with Gasteiger partial charge in [0.1, 0.15) is 17.1 Å². The van der Waals surface area contributed by atoms with Crippen LogP contribution >= 0.6 is 0 Å². The lowest BCUT2D eigenvalue weighted by Crippen LogP contribution is -2.13. The zero-order valence-electron chi connectivity index (χ0n) is 11.1. The molecule has 0 spiro atoms. The zero-order valence-corrected chi connectivity index (χ0v) is 11.1. The summed E-state index contributed by atoms with van der Waals surface area (Å²) in [6.07, 6.45) is 1.71. The van der Waals surface area contributed by atoms with Gasteiger partial charge in [-0.3, -0.25) is 0 Å². The first kappa shape index (κ1) is 12.6. The van der Waals surface area contributed by atoms with Gasteiger partial charge in [0, 0.05) is 12.1 Å². The van der Waals surface area contributed by atoms with Gasteiger partial charge in [-0.15, -0.1) is 0 Å². The van der Waals surface area contributed by atoms with Crippen LogP contribution in [0.2, 0.25) is 0 Å². The summed E-state index contributed by atoms with van der Waals surface area (Å²) < 4.78 is 5.40. The van der Waals surface area contributed by atoms with Crippen molar-refractivity contribution in [3.8, 4) is 11.3 Å². The van der Waals surface area contributed by atoms with Crippen LogP contribution in [0.15, 0.2) is 40.9 Å². The second kappa shape index (κ2) is 5.66. The summed E-state index contributed by atoms with van der Waals surface area (Å²) in [5, 5.41) is 14.3. The van der Waals surface area contributed by atoms with Gasteiger partial charge in [-0.05, 0) is 6.92 Å². The molecule has 1 aromatic carbocycles. The van der Waals surface area contributed by atoms with E-state index in [-0.39, 0.29) is 0 Å². The minimum absolute atomic E-state index is 0.564. The van der Waals surface area contributed by atoms with Crippen LogP contribution in [-0.2, 0) is 13.1 Å². The van der Waals surface area contributed by atoms with Crippen LogP contribution in [0.5, 0.6) is 0 Å². The lowest BCUT2D eigenvalue weighted by atomic mass is 10.1. The molecule has 2 N–H and O–H groups in total. The quantitative estimate of drug-likeness (QED) is 0.741. The van der Waals surface area contributed by atoms with Gasteiger partial charge in [0.25, 0.3) is 0 Å². The Hall–Kier alpha value is -2.47. The number of aromatic nitrogens is 4. The van der Waals surface area contributed by atoms with Crippen molar-refractivity contribution in [1.82, 2.24) is 25.7 Å². The Morgan fingerprint density at radius 1 is 1.15 bits per heavy atom. The fourth-order valence-corrected chi connectivity index (χ4v) is 1.97. The molecule has 2 aromatic heterocycles. The minimum Gasteiger partial charge on any atom is -0.445 e. The van der Waals surface area contributed by atoms with Crippen molar-refractivity contribution in [1.29, 1.82) is 0 Å². The average molecular weight is 269 g/mol. The van der Waals surface area contributed by atoms with Gasteiger partial charge in [-0.25, -0.2) is 4.98 Å². The highest BCUT2D eigenvalue weighted by Gasteiger charge is 2.09. The van der Waals surface area contributed by atoms with Crippen molar-refractivity contribution in [3.05, 3.63) is 53.9 Å². The molecule has 0 radical (unpaired) electrons. The first-order valence-electron chi connectivity index (χ1n) is 6.40. The van der Waals surface area contributed by atoms with Crippen molar-refractivity contribution in [3.63, 3.8) is 0 Å². The highest BCUT2D eigenvalue weighted by Crippen LogP contribution is 2.18. The second-order valence-electron chi connectivity index (χ2n) is 4.45. The van der Waals surface area contributed by atoms with Crippen molar-refractivity contribution >= 4 is 0 Å². The number of H-pyrrole nitrogens is 1. The van der Waals surface area contributed by atoms with Crippen LogP contribution in [0.25, 0.3) is 11.3 Å². The number of aromatic amines is 1. The monoisotopic (exact) mass is 269 g/mol. The van der Waals surface area contributed by atoms with Crippen LogP contribution in [0.1, 0.15) is 17.3 Å². The number of oxazole rings is 1. The normalized spacial score (nSPS) is 10.8. The fourth-order valence-electron chi connectivity index (χ4n) is 1.97. The van der Waals surface area contributed by atoms with Crippen LogP contribution in [0, 0.1) is 6.92 Å². The third kappa shape index (κ3) is 2.75. The van der Waals surface area contributed by atoms with Crippen molar-refractivity contribution in [2.45, 2.75) is 20.0 Å². The maximum absolute atomic E-state index is 5.40. The molecular weight excluding hydrogens is 254 g/mol. The molecule has 0 saturated heterocycles. The molecule has 20 heavy (non-hydrogen) atoms. The molecule has 0 aliphatic heterocycles. The number of hydrogen-bond donors (Lipinski definition) is 2. The van der Waals surface area contributed by atoms with Gasteiger partial charge in [0.2, 0.25) is 5.89 Å². The van der Waals surface area contributed by atoms with E-state index in [0.29, 0.717) is 19.0 Å². The molecule has 0 aliphatic rings. The molecule has 3 aromatic rings. The van der Waals surface area contributed by atoms with E-state index >= 15 is 0 Å². The molecule has 6 heteroatoms. The van der Waals surface area contributed by atoms with E-state index < -0.39 is 0 Å². The number of benzene rings is 1. The van der Waals surface area contributed by atoms with Gasteiger partial charge < -0.3 is 9.73 Å². The fraction of sp³-hybridized carbons (Fsp3) is 0.214. The first-order chi connectivity index (χ1) is 9.83. The zero-order chi connectivity index (χ0) is 13.8. The summed E-state index contributed by atoms with van der Waals surface area (Å²) >= 11 is 0. The molecular formula is C14H15N5O. The SMILES string of the molecule is Cc1cnc(CNCc2n[nH]nc2-c2ccccc2)o1. The predicted molar refractivity (Wildman–Crippen MR) is 73.6 cm³/mol. The molecule has 0 fully saturated rings. The third-order valence-corrected chi connectivity index (χ3v) is 2.91. The lowest BCUT2D eigenvalue weighted by Gasteiger charge is -2.02. The number of nitrogens with zero attached hydrogens (tertiary/aromatic N) is 3. The molecule has 0 bridgehead atoms. The number of nitrogens with one attached hydrogen (secondary N) is 2. The topological polar surface area (TPSA) is 79.6 Å². The second-order valence-corrected chi connectivity index (χ2v) is 4.45. The van der Waals surface area contributed by atoms with Crippen LogP contribution in [0.3, 0.4) is 0 Å². The molecule has 102 valence electrons. The van der Waals surface area contributed by atoms with E-state index in [2.05, 4.69) is 25.7 Å². The number of rotatable bonds is 5. The Bertz CT molecular complexity index is 674. The van der Waals surface area contributed by atoms with Gasteiger partial charge in [-0.1, -0.05) is 30.3 Å². The van der Waals surface area contributed by atoms with Gasteiger partial charge in [0.15, 0.2) is 0 Å². The summed E-state index contributed by atoms with van der Waals surface area (Å²) in [5.41, 5.74) is 2.78. The first-order valence-corrected chi connectivity index (χ1v) is 6.40. The van der Waals surface area contributed by atoms with E-state index in [1.165, 1.54) is 0 Å². The minimum atomic E-state index is 0.564. The smallest absolute Gasteiger partial charge is 0.208 e. The van der Waals surface area contributed by atoms with Crippen LogP contribution in [0.4, 0.5) is 0 Å². The van der Waals surface area contributed by atoms with Crippen LogP contribution < -0.4 is 5.32 Å². The number of aryl methyl sites for hydroxylation is 1. The standard InChI is InChI=1S/C14H15N5O/c1-10-7-16-13(20-10)9-15-8-12-14(18-19-17-12)11-5-3-2-4-6-11/h2-7,15H,8-9H2,1H3,(H,17,18,19). The van der Waals surface area contributed by atoms with E-state index in [9.17, 15) is 0 Å². The van der Waals surface area contributed by atoms with Crippen molar-refractivity contribution in [2.24, 2.45) is 0 Å². The molecule has 0 unspecified atom stereocenters. The molecule has 0 amide bonds. The Kier molecular flexibility index (Phi) is 3.56. The summed E-state index contributed by atoms with van der Waals surface area (Å²) in [7, 11) is 0. The highest BCUT2D eigenvalue weighted by atomic mass is 16.4. The molecule has 0 atom stereocenters. The molecule has 0 aliphatic carbocycles. The maximum Gasteiger partial charge on any atom is 0.208 e. The molecule has 6 nitrogen and oxygen atoms in total. The average Bonchev–Trinajstić information content (AvgIpc) is 3.09. The summed E-state index contributed by atoms with van der Waals surface area (Å²) in [6.45, 7) is 3.04. The van der Waals surface area contributed by atoms with Crippen LogP contribution in [-0.4, -0.2) is 20.4 Å². The van der Waals surface area contributed by atoms with E-state index in [0.717, 1.165) is 22.7 Å². The maximum atomic E-state index is 5.40. The summed E-state index contributed by atoms with van der Waals surface area (Å²) in [6, 6.07) is 9.97. The largest absolute Gasteiger partial charge is 0.445 e. The lowest BCUT2D eigenvalue weighted by molar-refractivity contribution is 0.448. The molecule has 2 heterocycles. The Morgan fingerprint density at radius 2 is 2.00 bits per heavy atom. The number of hydrogen-bond acceptors (Lipinski definition) is 5. The van der Waals surface area contributed by atoms with Gasteiger partial charge in [0.05, 0.1) is 12.7 Å². The van der Waals surface area contributed by atoms with E-state index in [1.54, 1.807) is 6.20 Å². The molecule has 0 saturated carbocycles.